The molecule has 0 fully saturated rings. The monoisotopic (exact) mass is 134 g/mol. The van der Waals surface area contributed by atoms with E-state index in [1.807, 2.05) is 6.92 Å². The second-order valence-corrected chi connectivity index (χ2v) is 2.03. The molecule has 2 nitrogen and oxygen atoms in total. The van der Waals surface area contributed by atoms with Crippen LogP contribution < -0.4 is 0 Å². The highest BCUT2D eigenvalue weighted by atomic mass is 14.8. The number of rotatable bonds is 2. The second-order valence-electron chi connectivity index (χ2n) is 2.03. The number of hydrogen-bond donors (Lipinski definition) is 0. The van der Waals surface area contributed by atoms with Gasteiger partial charge in [-0.05, 0) is 18.1 Å². The summed E-state index contributed by atoms with van der Waals surface area (Å²) >= 11 is 0. The Bertz CT molecular complexity index is 216. The molecule has 10 heavy (non-hydrogen) atoms. The molecular formula is C8H10N2. The molecule has 0 N–H and O–H groups in total. The maximum Gasteiger partial charge on any atom is 0.154 e. The minimum Gasteiger partial charge on any atom is -0.237 e. The van der Waals surface area contributed by atoms with Crippen molar-refractivity contribution in [3.8, 4) is 0 Å². The van der Waals surface area contributed by atoms with Crippen molar-refractivity contribution in [2.75, 3.05) is 0 Å². The van der Waals surface area contributed by atoms with Crippen LogP contribution in [0.5, 0.6) is 0 Å². The van der Waals surface area contributed by atoms with Crippen LogP contribution >= 0.6 is 0 Å². The Hall–Kier alpha value is -1.18. The molecule has 1 aromatic rings. The summed E-state index contributed by atoms with van der Waals surface area (Å²) < 4.78 is 0. The highest BCUT2D eigenvalue weighted by Gasteiger charge is 1.95. The Morgan fingerprint density at radius 2 is 2.10 bits per heavy atom. The summed E-state index contributed by atoms with van der Waals surface area (Å²) in [5.41, 5.74) is 0.987. The average molecular weight is 134 g/mol. The molecule has 1 heterocycles. The smallest absolute Gasteiger partial charge is 0.154 e. The molecule has 2 heteroatoms. The molecule has 0 saturated heterocycles. The molecule has 0 unspecified atom stereocenters. The Balaban J connectivity index is 2.85. The fourth-order valence-electron chi connectivity index (χ4n) is 0.640. The van der Waals surface area contributed by atoms with Gasteiger partial charge in [-0.2, -0.15) is 0 Å². The lowest BCUT2D eigenvalue weighted by Gasteiger charge is -1.96. The predicted molar refractivity (Wildman–Crippen MR) is 41.4 cm³/mol. The van der Waals surface area contributed by atoms with Crippen molar-refractivity contribution in [3.63, 3.8) is 0 Å². The largest absolute Gasteiger partial charge is 0.237 e. The SMILES string of the molecule is C=C(CC)c1ncccn1. The summed E-state index contributed by atoms with van der Waals surface area (Å²) in [5, 5.41) is 0. The quantitative estimate of drug-likeness (QED) is 0.617. The minimum atomic E-state index is 0.755. The van der Waals surface area contributed by atoms with E-state index in [2.05, 4.69) is 16.5 Å². The van der Waals surface area contributed by atoms with Crippen LogP contribution in [-0.4, -0.2) is 9.97 Å². The zero-order valence-electron chi connectivity index (χ0n) is 6.04. The molecule has 0 atom stereocenters. The molecule has 0 aliphatic heterocycles. The van der Waals surface area contributed by atoms with E-state index in [1.54, 1.807) is 18.5 Å². The molecule has 0 saturated carbocycles. The molecule has 52 valence electrons. The van der Waals surface area contributed by atoms with Crippen LogP contribution in [-0.2, 0) is 0 Å². The summed E-state index contributed by atoms with van der Waals surface area (Å²) in [7, 11) is 0. The van der Waals surface area contributed by atoms with Crippen LogP contribution in [0.25, 0.3) is 5.57 Å². The molecule has 0 bridgehead atoms. The molecule has 0 aliphatic rings. The van der Waals surface area contributed by atoms with Gasteiger partial charge >= 0.3 is 0 Å². The molecule has 0 radical (unpaired) electrons. The first-order valence-electron chi connectivity index (χ1n) is 3.29. The van der Waals surface area contributed by atoms with E-state index in [1.165, 1.54) is 0 Å². The van der Waals surface area contributed by atoms with Crippen LogP contribution in [0.4, 0.5) is 0 Å². The van der Waals surface area contributed by atoms with Gasteiger partial charge in [0.1, 0.15) is 0 Å². The van der Waals surface area contributed by atoms with Gasteiger partial charge < -0.3 is 0 Å². The zero-order chi connectivity index (χ0) is 7.40. The Labute approximate surface area is 60.6 Å². The van der Waals surface area contributed by atoms with E-state index in [9.17, 15) is 0 Å². The molecule has 0 aliphatic carbocycles. The van der Waals surface area contributed by atoms with E-state index < -0.39 is 0 Å². The summed E-state index contributed by atoms with van der Waals surface area (Å²) in [4.78, 5) is 8.08. The lowest BCUT2D eigenvalue weighted by atomic mass is 10.2. The summed E-state index contributed by atoms with van der Waals surface area (Å²) in [6, 6.07) is 1.80. The maximum atomic E-state index is 4.04. The highest BCUT2D eigenvalue weighted by Crippen LogP contribution is 2.07. The zero-order valence-corrected chi connectivity index (χ0v) is 6.04. The average Bonchev–Trinajstić information content (AvgIpc) is 2.05. The van der Waals surface area contributed by atoms with Gasteiger partial charge in [-0.15, -0.1) is 0 Å². The van der Waals surface area contributed by atoms with Crippen LogP contribution in [0.3, 0.4) is 0 Å². The second kappa shape index (κ2) is 3.11. The molecular weight excluding hydrogens is 124 g/mol. The van der Waals surface area contributed by atoms with Crippen molar-refractivity contribution in [2.45, 2.75) is 13.3 Å². The van der Waals surface area contributed by atoms with Crippen molar-refractivity contribution in [1.82, 2.24) is 9.97 Å². The van der Waals surface area contributed by atoms with E-state index in [0.29, 0.717) is 0 Å². The molecule has 0 aromatic carbocycles. The summed E-state index contributed by atoms with van der Waals surface area (Å²) in [6.07, 6.45) is 4.36. The lowest BCUT2D eigenvalue weighted by molar-refractivity contribution is 1.08. The summed E-state index contributed by atoms with van der Waals surface area (Å²) in [6.45, 7) is 5.86. The van der Waals surface area contributed by atoms with Gasteiger partial charge in [0.25, 0.3) is 0 Å². The molecule has 1 rings (SSSR count). The van der Waals surface area contributed by atoms with Gasteiger partial charge in [0.2, 0.25) is 0 Å². The number of hydrogen-bond acceptors (Lipinski definition) is 2. The Morgan fingerprint density at radius 1 is 1.50 bits per heavy atom. The first kappa shape index (κ1) is 6.93. The number of aromatic nitrogens is 2. The van der Waals surface area contributed by atoms with E-state index in [-0.39, 0.29) is 0 Å². The highest BCUT2D eigenvalue weighted by molar-refractivity contribution is 5.55. The Kier molecular flexibility index (Phi) is 2.15. The van der Waals surface area contributed by atoms with Crippen molar-refractivity contribution in [1.29, 1.82) is 0 Å². The van der Waals surface area contributed by atoms with Crippen molar-refractivity contribution < 1.29 is 0 Å². The van der Waals surface area contributed by atoms with E-state index in [0.717, 1.165) is 17.8 Å². The molecule has 0 spiro atoms. The van der Waals surface area contributed by atoms with Gasteiger partial charge in [-0.3, -0.25) is 0 Å². The molecule has 0 amide bonds. The van der Waals surface area contributed by atoms with Crippen LogP contribution in [0.15, 0.2) is 25.0 Å². The van der Waals surface area contributed by atoms with E-state index in [4.69, 9.17) is 0 Å². The lowest BCUT2D eigenvalue weighted by Crippen LogP contribution is -1.89. The minimum absolute atomic E-state index is 0.755. The Morgan fingerprint density at radius 3 is 2.60 bits per heavy atom. The fraction of sp³-hybridized carbons (Fsp3) is 0.250. The number of nitrogens with zero attached hydrogens (tertiary/aromatic N) is 2. The third-order valence-electron chi connectivity index (χ3n) is 1.31. The van der Waals surface area contributed by atoms with Gasteiger partial charge in [0.15, 0.2) is 5.82 Å². The fourth-order valence-corrected chi connectivity index (χ4v) is 0.640. The van der Waals surface area contributed by atoms with Crippen molar-refractivity contribution in [2.24, 2.45) is 0 Å². The van der Waals surface area contributed by atoms with Gasteiger partial charge in [-0.25, -0.2) is 9.97 Å². The first-order valence-corrected chi connectivity index (χ1v) is 3.29. The van der Waals surface area contributed by atoms with Crippen LogP contribution in [0.2, 0.25) is 0 Å². The first-order chi connectivity index (χ1) is 4.84. The third kappa shape index (κ3) is 1.41. The maximum absolute atomic E-state index is 4.04. The predicted octanol–water partition coefficient (Wildman–Crippen LogP) is 1.90. The third-order valence-corrected chi connectivity index (χ3v) is 1.31. The number of allylic oxidation sites excluding steroid dienone is 1. The van der Waals surface area contributed by atoms with Gasteiger partial charge in [-0.1, -0.05) is 13.5 Å². The van der Waals surface area contributed by atoms with E-state index >= 15 is 0 Å². The van der Waals surface area contributed by atoms with Crippen molar-refractivity contribution >= 4 is 5.57 Å². The summed E-state index contributed by atoms with van der Waals surface area (Å²) in [5.74, 6) is 0.755. The van der Waals surface area contributed by atoms with Crippen LogP contribution in [0.1, 0.15) is 19.2 Å². The normalized spacial score (nSPS) is 9.30. The molecule has 1 aromatic heterocycles. The van der Waals surface area contributed by atoms with Crippen LogP contribution in [0, 0.1) is 0 Å². The topological polar surface area (TPSA) is 25.8 Å². The van der Waals surface area contributed by atoms with Gasteiger partial charge in [0.05, 0.1) is 0 Å². The van der Waals surface area contributed by atoms with Gasteiger partial charge in [0, 0.05) is 12.4 Å². The standard InChI is InChI=1S/C8H10N2/c1-3-7(2)8-9-5-4-6-10-8/h4-6H,2-3H2,1H3. The van der Waals surface area contributed by atoms with Crippen molar-refractivity contribution in [3.05, 3.63) is 30.9 Å².